The van der Waals surface area contributed by atoms with Gasteiger partial charge < -0.3 is 5.32 Å². The maximum atomic E-state index is 12.8. The quantitative estimate of drug-likeness (QED) is 0.776. The minimum atomic E-state index is -0.221. The molecule has 0 saturated heterocycles. The number of nitrogens with one attached hydrogen (secondary N) is 1. The molecule has 3 nitrogen and oxygen atoms in total. The van der Waals surface area contributed by atoms with Crippen LogP contribution in [0, 0.1) is 16.7 Å². The van der Waals surface area contributed by atoms with Crippen molar-refractivity contribution >= 4 is 33.0 Å². The summed E-state index contributed by atoms with van der Waals surface area (Å²) in [5.74, 6) is -0.0605. The van der Waals surface area contributed by atoms with Crippen molar-refractivity contribution in [2.45, 2.75) is 39.5 Å². The third-order valence-corrected chi connectivity index (χ3v) is 5.99. The van der Waals surface area contributed by atoms with E-state index in [1.54, 1.807) is 11.3 Å². The lowest BCUT2D eigenvalue weighted by molar-refractivity contribution is -0.118. The van der Waals surface area contributed by atoms with Gasteiger partial charge in [-0.3, -0.25) is 4.79 Å². The Labute approximate surface area is 142 Å². The first kappa shape index (κ1) is 15.5. The van der Waals surface area contributed by atoms with Crippen LogP contribution in [0.3, 0.4) is 0 Å². The Balaban J connectivity index is 2.17. The van der Waals surface area contributed by atoms with Crippen molar-refractivity contribution in [1.29, 1.82) is 5.26 Å². The highest BCUT2D eigenvalue weighted by Crippen LogP contribution is 2.47. The molecule has 2 heterocycles. The van der Waals surface area contributed by atoms with Gasteiger partial charge in [0, 0.05) is 38.1 Å². The van der Waals surface area contributed by atoms with E-state index in [1.165, 1.54) is 0 Å². The molecule has 1 aliphatic carbocycles. The topological polar surface area (TPSA) is 52.9 Å². The van der Waals surface area contributed by atoms with Crippen molar-refractivity contribution in [2.75, 3.05) is 0 Å². The fraction of sp³-hybridized carbons (Fsp3) is 0.412. The van der Waals surface area contributed by atoms with Gasteiger partial charge in [-0.1, -0.05) is 13.8 Å². The van der Waals surface area contributed by atoms with E-state index in [0.29, 0.717) is 12.0 Å². The van der Waals surface area contributed by atoms with Crippen LogP contribution in [-0.2, 0) is 4.79 Å². The van der Waals surface area contributed by atoms with Gasteiger partial charge in [-0.15, -0.1) is 11.3 Å². The summed E-state index contributed by atoms with van der Waals surface area (Å²) < 4.78 is 0.992. The molecule has 1 unspecified atom stereocenters. The lowest BCUT2D eigenvalue weighted by Crippen LogP contribution is -2.36. The Morgan fingerprint density at radius 1 is 1.45 bits per heavy atom. The number of dihydropyridines is 1. The minimum Gasteiger partial charge on any atom is -0.361 e. The van der Waals surface area contributed by atoms with Gasteiger partial charge in [0.2, 0.25) is 0 Å². The van der Waals surface area contributed by atoms with Gasteiger partial charge in [0.05, 0.1) is 17.6 Å². The SMILES string of the molecule is CC1=C(C#N)C(c2cc(Br)cs2)C2=C(CC(C)(C)CC2=O)N1. The van der Waals surface area contributed by atoms with Crippen LogP contribution in [0.25, 0.3) is 0 Å². The molecule has 0 fully saturated rings. The number of hydrogen-bond donors (Lipinski definition) is 1. The van der Waals surface area contributed by atoms with Gasteiger partial charge in [-0.25, -0.2) is 0 Å². The first-order valence-electron chi connectivity index (χ1n) is 7.20. The van der Waals surface area contributed by atoms with Crippen molar-refractivity contribution in [3.05, 3.63) is 43.3 Å². The molecule has 0 spiro atoms. The van der Waals surface area contributed by atoms with E-state index in [2.05, 4.69) is 41.2 Å². The van der Waals surface area contributed by atoms with Crippen LogP contribution >= 0.6 is 27.3 Å². The second kappa shape index (κ2) is 5.36. The Kier molecular flexibility index (Phi) is 3.78. The molecule has 0 amide bonds. The molecule has 0 saturated carbocycles. The number of carbonyl (C=O) groups is 1. The van der Waals surface area contributed by atoms with Crippen LogP contribution in [0.1, 0.15) is 44.4 Å². The summed E-state index contributed by atoms with van der Waals surface area (Å²) >= 11 is 5.06. The molecule has 1 atom stereocenters. The number of hydrogen-bond acceptors (Lipinski definition) is 4. The first-order valence-corrected chi connectivity index (χ1v) is 8.88. The largest absolute Gasteiger partial charge is 0.361 e. The first-order chi connectivity index (χ1) is 10.3. The summed E-state index contributed by atoms with van der Waals surface area (Å²) in [4.78, 5) is 13.8. The molecule has 114 valence electrons. The number of allylic oxidation sites excluding steroid dienone is 4. The second-order valence-corrected chi connectivity index (χ2v) is 8.57. The van der Waals surface area contributed by atoms with Gasteiger partial charge in [0.1, 0.15) is 0 Å². The van der Waals surface area contributed by atoms with Crippen LogP contribution in [0.15, 0.2) is 38.5 Å². The highest BCUT2D eigenvalue weighted by molar-refractivity contribution is 9.10. The fourth-order valence-corrected chi connectivity index (χ4v) is 4.91. The molecule has 2 aliphatic rings. The molecule has 1 N–H and O–H groups in total. The molecule has 0 bridgehead atoms. The smallest absolute Gasteiger partial charge is 0.162 e. The highest BCUT2D eigenvalue weighted by atomic mass is 79.9. The monoisotopic (exact) mass is 376 g/mol. The lowest BCUT2D eigenvalue weighted by Gasteiger charge is -2.38. The van der Waals surface area contributed by atoms with E-state index >= 15 is 0 Å². The Morgan fingerprint density at radius 2 is 2.18 bits per heavy atom. The van der Waals surface area contributed by atoms with E-state index in [1.807, 2.05) is 18.4 Å². The number of Topliss-reactive ketones (excluding diaryl/α,β-unsaturated/α-hetero) is 1. The van der Waals surface area contributed by atoms with E-state index in [9.17, 15) is 10.1 Å². The van der Waals surface area contributed by atoms with E-state index in [-0.39, 0.29) is 17.1 Å². The summed E-state index contributed by atoms with van der Waals surface area (Å²) in [6.07, 6.45) is 1.38. The van der Waals surface area contributed by atoms with E-state index in [4.69, 9.17) is 0 Å². The Morgan fingerprint density at radius 3 is 2.77 bits per heavy atom. The predicted octanol–water partition coefficient (Wildman–Crippen LogP) is 4.64. The Hall–Kier alpha value is -1.38. The molecule has 1 aromatic rings. The van der Waals surface area contributed by atoms with Crippen molar-refractivity contribution in [3.63, 3.8) is 0 Å². The van der Waals surface area contributed by atoms with Crippen molar-refractivity contribution in [1.82, 2.24) is 5.32 Å². The second-order valence-electron chi connectivity index (χ2n) is 6.71. The maximum Gasteiger partial charge on any atom is 0.162 e. The van der Waals surface area contributed by atoms with E-state index < -0.39 is 0 Å². The zero-order chi connectivity index (χ0) is 16.1. The third-order valence-electron chi connectivity index (χ3n) is 4.23. The van der Waals surface area contributed by atoms with Crippen molar-refractivity contribution < 1.29 is 4.79 Å². The van der Waals surface area contributed by atoms with Crippen LogP contribution in [0.5, 0.6) is 0 Å². The van der Waals surface area contributed by atoms with Gasteiger partial charge in [0.15, 0.2) is 5.78 Å². The van der Waals surface area contributed by atoms with Crippen molar-refractivity contribution in [2.24, 2.45) is 5.41 Å². The maximum absolute atomic E-state index is 12.8. The average molecular weight is 377 g/mol. The van der Waals surface area contributed by atoms with Gasteiger partial charge in [-0.2, -0.15) is 5.26 Å². The summed E-state index contributed by atoms with van der Waals surface area (Å²) in [5.41, 5.74) is 3.26. The molecular weight excluding hydrogens is 360 g/mol. The molecule has 22 heavy (non-hydrogen) atoms. The number of carbonyl (C=O) groups excluding carboxylic acids is 1. The lowest BCUT2D eigenvalue weighted by atomic mass is 9.70. The number of nitrogens with zero attached hydrogens (tertiary/aromatic N) is 1. The zero-order valence-electron chi connectivity index (χ0n) is 12.8. The van der Waals surface area contributed by atoms with Gasteiger partial charge >= 0.3 is 0 Å². The van der Waals surface area contributed by atoms with Crippen LogP contribution in [0.4, 0.5) is 0 Å². The predicted molar refractivity (Wildman–Crippen MR) is 91.3 cm³/mol. The summed E-state index contributed by atoms with van der Waals surface area (Å²) in [6.45, 7) is 6.15. The van der Waals surface area contributed by atoms with Crippen LogP contribution < -0.4 is 5.32 Å². The summed E-state index contributed by atoms with van der Waals surface area (Å²) in [7, 11) is 0. The van der Waals surface area contributed by atoms with E-state index in [0.717, 1.165) is 32.7 Å². The minimum absolute atomic E-state index is 0.0338. The number of rotatable bonds is 1. The number of thiophene rings is 1. The van der Waals surface area contributed by atoms with Crippen LogP contribution in [-0.4, -0.2) is 5.78 Å². The normalized spacial score (nSPS) is 24.0. The number of halogens is 1. The van der Waals surface area contributed by atoms with Crippen LogP contribution in [0.2, 0.25) is 0 Å². The fourth-order valence-electron chi connectivity index (χ4n) is 3.35. The third kappa shape index (κ3) is 2.55. The zero-order valence-corrected chi connectivity index (χ0v) is 15.2. The molecule has 0 radical (unpaired) electrons. The van der Waals surface area contributed by atoms with Gasteiger partial charge in [0.25, 0.3) is 0 Å². The Bertz CT molecular complexity index is 764. The molecule has 1 aliphatic heterocycles. The van der Waals surface area contributed by atoms with Crippen molar-refractivity contribution in [3.8, 4) is 6.07 Å². The summed E-state index contributed by atoms with van der Waals surface area (Å²) in [6, 6.07) is 4.32. The molecule has 3 rings (SSSR count). The standard InChI is InChI=1S/C17H17BrN2OS/c1-9-11(7-19)15(14-4-10(18)8-22-14)16-12(20-9)5-17(2,3)6-13(16)21/h4,8,15,20H,5-6H2,1-3H3. The molecular formula is C17H17BrN2OS. The highest BCUT2D eigenvalue weighted by Gasteiger charge is 2.41. The van der Waals surface area contributed by atoms with Gasteiger partial charge in [-0.05, 0) is 40.8 Å². The number of nitriles is 1. The molecule has 5 heteroatoms. The molecule has 1 aromatic heterocycles. The summed E-state index contributed by atoms with van der Waals surface area (Å²) in [5, 5.41) is 14.9. The number of ketones is 1. The molecule has 0 aromatic carbocycles. The average Bonchev–Trinajstić information content (AvgIpc) is 2.82.